The van der Waals surface area contributed by atoms with Gasteiger partial charge in [0.1, 0.15) is 6.54 Å². The summed E-state index contributed by atoms with van der Waals surface area (Å²) < 4.78 is 0. The molecule has 0 radical (unpaired) electrons. The third-order valence-corrected chi connectivity index (χ3v) is 2.74. The molecule has 104 valence electrons. The van der Waals surface area contributed by atoms with Crippen LogP contribution in [0.1, 0.15) is 26.3 Å². The van der Waals surface area contributed by atoms with E-state index >= 15 is 0 Å². The first kappa shape index (κ1) is 15.0. The van der Waals surface area contributed by atoms with E-state index in [2.05, 4.69) is 20.8 Å². The molecule has 1 rings (SSSR count). The molecule has 1 aromatic rings. The second-order valence-electron chi connectivity index (χ2n) is 5.42. The number of rotatable bonds is 5. The first-order chi connectivity index (χ1) is 8.70. The Morgan fingerprint density at radius 3 is 2.05 bits per heavy atom. The Hall–Kier alpha value is -2.04. The fourth-order valence-electron chi connectivity index (χ4n) is 1.73. The van der Waals surface area contributed by atoms with Crippen molar-refractivity contribution in [3.63, 3.8) is 0 Å². The Labute approximate surface area is 112 Å². The summed E-state index contributed by atoms with van der Waals surface area (Å²) in [4.78, 5) is 22.6. The molecular formula is C14H18NO4-. The minimum absolute atomic E-state index is 0.00941. The number of nitrogens with zero attached hydrogens (tertiary/aromatic N) is 1. The van der Waals surface area contributed by atoms with Gasteiger partial charge in [-0.1, -0.05) is 32.9 Å². The van der Waals surface area contributed by atoms with Gasteiger partial charge in [-0.15, -0.1) is 0 Å². The second-order valence-corrected chi connectivity index (χ2v) is 5.42. The molecule has 0 aliphatic rings. The van der Waals surface area contributed by atoms with E-state index in [4.69, 9.17) is 5.11 Å². The highest BCUT2D eigenvalue weighted by molar-refractivity contribution is 5.78. The fraction of sp³-hybridized carbons (Fsp3) is 0.429. The van der Waals surface area contributed by atoms with Crippen molar-refractivity contribution in [2.45, 2.75) is 26.2 Å². The SMILES string of the molecule is CC(C)(C)c1ccc(N(CC(=O)[O-])CC(=O)O)cc1. The Balaban J connectivity index is 2.96. The lowest BCUT2D eigenvalue weighted by molar-refractivity contribution is -0.303. The quantitative estimate of drug-likeness (QED) is 0.843. The van der Waals surface area contributed by atoms with Crippen LogP contribution in [-0.2, 0) is 15.0 Å². The molecule has 5 nitrogen and oxygen atoms in total. The summed E-state index contributed by atoms with van der Waals surface area (Å²) in [5.74, 6) is -2.39. The van der Waals surface area contributed by atoms with Gasteiger partial charge in [-0.25, -0.2) is 0 Å². The zero-order valence-corrected chi connectivity index (χ0v) is 11.3. The number of carboxylic acid groups (broad SMARTS) is 2. The van der Waals surface area contributed by atoms with Crippen LogP contribution in [0.5, 0.6) is 0 Å². The van der Waals surface area contributed by atoms with Crippen LogP contribution < -0.4 is 10.0 Å². The Kier molecular flexibility index (Phi) is 4.53. The summed E-state index contributed by atoms with van der Waals surface area (Å²) >= 11 is 0. The van der Waals surface area contributed by atoms with Crippen LogP contribution in [0.15, 0.2) is 24.3 Å². The molecule has 0 saturated heterocycles. The van der Waals surface area contributed by atoms with Gasteiger partial charge < -0.3 is 19.9 Å². The second kappa shape index (κ2) is 5.73. The number of benzene rings is 1. The number of hydrogen-bond donors (Lipinski definition) is 1. The first-order valence-corrected chi connectivity index (χ1v) is 5.97. The zero-order chi connectivity index (χ0) is 14.6. The predicted molar refractivity (Wildman–Crippen MR) is 70.0 cm³/mol. The molecule has 0 aromatic heterocycles. The largest absolute Gasteiger partial charge is 0.548 e. The van der Waals surface area contributed by atoms with Gasteiger partial charge in [-0.3, -0.25) is 4.79 Å². The number of carbonyl (C=O) groups is 2. The van der Waals surface area contributed by atoms with Crippen molar-refractivity contribution in [1.82, 2.24) is 0 Å². The van der Waals surface area contributed by atoms with Crippen molar-refractivity contribution >= 4 is 17.6 Å². The van der Waals surface area contributed by atoms with Crippen molar-refractivity contribution in [2.24, 2.45) is 0 Å². The maximum absolute atomic E-state index is 10.7. The highest BCUT2D eigenvalue weighted by Gasteiger charge is 2.15. The lowest BCUT2D eigenvalue weighted by Crippen LogP contribution is -2.40. The van der Waals surface area contributed by atoms with Crippen LogP contribution in [-0.4, -0.2) is 30.1 Å². The van der Waals surface area contributed by atoms with Gasteiger partial charge in [0.2, 0.25) is 0 Å². The minimum atomic E-state index is -1.30. The van der Waals surface area contributed by atoms with Gasteiger partial charge in [0, 0.05) is 5.69 Å². The van der Waals surface area contributed by atoms with E-state index in [0.717, 1.165) is 5.56 Å². The number of hydrogen-bond acceptors (Lipinski definition) is 4. The number of anilines is 1. The van der Waals surface area contributed by atoms with Crippen molar-refractivity contribution in [1.29, 1.82) is 0 Å². The molecule has 5 heteroatoms. The van der Waals surface area contributed by atoms with Crippen LogP contribution in [0.2, 0.25) is 0 Å². The molecular weight excluding hydrogens is 246 g/mol. The van der Waals surface area contributed by atoms with E-state index in [1.165, 1.54) is 4.90 Å². The normalized spacial score (nSPS) is 11.1. The van der Waals surface area contributed by atoms with Crippen LogP contribution >= 0.6 is 0 Å². The number of carbonyl (C=O) groups excluding carboxylic acids is 1. The Morgan fingerprint density at radius 2 is 1.68 bits per heavy atom. The van der Waals surface area contributed by atoms with Gasteiger partial charge in [0.15, 0.2) is 0 Å². The van der Waals surface area contributed by atoms with Gasteiger partial charge in [-0.05, 0) is 23.1 Å². The van der Waals surface area contributed by atoms with Crippen LogP contribution in [0, 0.1) is 0 Å². The maximum Gasteiger partial charge on any atom is 0.323 e. The maximum atomic E-state index is 10.7. The van der Waals surface area contributed by atoms with Crippen LogP contribution in [0.25, 0.3) is 0 Å². The average molecular weight is 264 g/mol. The van der Waals surface area contributed by atoms with Crippen molar-refractivity contribution in [3.05, 3.63) is 29.8 Å². The minimum Gasteiger partial charge on any atom is -0.548 e. The highest BCUT2D eigenvalue weighted by atomic mass is 16.4. The predicted octanol–water partition coefficient (Wildman–Crippen LogP) is 0.625. The van der Waals surface area contributed by atoms with Gasteiger partial charge in [-0.2, -0.15) is 0 Å². The van der Waals surface area contributed by atoms with Crippen molar-refractivity contribution in [2.75, 3.05) is 18.0 Å². The Morgan fingerprint density at radius 1 is 1.16 bits per heavy atom. The molecule has 0 spiro atoms. The van der Waals surface area contributed by atoms with Gasteiger partial charge in [0.25, 0.3) is 0 Å². The highest BCUT2D eigenvalue weighted by Crippen LogP contribution is 2.24. The summed E-state index contributed by atoms with van der Waals surface area (Å²) in [6.07, 6.45) is 0. The summed E-state index contributed by atoms with van der Waals surface area (Å²) in [7, 11) is 0. The van der Waals surface area contributed by atoms with E-state index in [1.54, 1.807) is 12.1 Å². The third kappa shape index (κ3) is 4.62. The molecule has 19 heavy (non-hydrogen) atoms. The monoisotopic (exact) mass is 264 g/mol. The standard InChI is InChI=1S/C14H19NO4/c1-14(2,3)10-4-6-11(7-5-10)15(8-12(16)17)9-13(18)19/h4-7H,8-9H2,1-3H3,(H,16,17)(H,18,19)/p-1. The molecule has 0 unspecified atom stereocenters. The third-order valence-electron chi connectivity index (χ3n) is 2.74. The zero-order valence-electron chi connectivity index (χ0n) is 11.3. The molecule has 1 N–H and O–H groups in total. The summed E-state index contributed by atoms with van der Waals surface area (Å²) in [6.45, 7) is 5.39. The number of aliphatic carboxylic acids is 2. The first-order valence-electron chi connectivity index (χ1n) is 5.97. The molecule has 0 aliphatic heterocycles. The van der Waals surface area contributed by atoms with Crippen LogP contribution in [0.3, 0.4) is 0 Å². The Bertz CT molecular complexity index is 443. The smallest absolute Gasteiger partial charge is 0.323 e. The molecule has 0 bridgehead atoms. The summed E-state index contributed by atoms with van der Waals surface area (Å²) in [6, 6.07) is 7.21. The topological polar surface area (TPSA) is 80.7 Å². The molecule has 0 aliphatic carbocycles. The van der Waals surface area contributed by atoms with E-state index in [0.29, 0.717) is 5.69 Å². The van der Waals surface area contributed by atoms with E-state index < -0.39 is 18.5 Å². The average Bonchev–Trinajstić information content (AvgIpc) is 2.26. The lowest BCUT2D eigenvalue weighted by atomic mass is 9.87. The van der Waals surface area contributed by atoms with Crippen molar-refractivity contribution in [3.8, 4) is 0 Å². The number of carboxylic acids is 2. The molecule has 1 aromatic carbocycles. The molecule has 0 amide bonds. The van der Waals surface area contributed by atoms with Gasteiger partial charge in [0.05, 0.1) is 12.5 Å². The molecule has 0 fully saturated rings. The van der Waals surface area contributed by atoms with Gasteiger partial charge >= 0.3 is 5.97 Å². The molecule has 0 saturated carbocycles. The van der Waals surface area contributed by atoms with Crippen molar-refractivity contribution < 1.29 is 19.8 Å². The summed E-state index contributed by atoms with van der Waals surface area (Å²) in [5.41, 5.74) is 1.64. The van der Waals surface area contributed by atoms with E-state index in [1.807, 2.05) is 12.1 Å². The molecule has 0 heterocycles. The lowest BCUT2D eigenvalue weighted by Gasteiger charge is -2.25. The molecule has 0 atom stereocenters. The van der Waals surface area contributed by atoms with E-state index in [9.17, 15) is 14.7 Å². The van der Waals surface area contributed by atoms with E-state index in [-0.39, 0.29) is 12.0 Å². The van der Waals surface area contributed by atoms with Crippen LogP contribution in [0.4, 0.5) is 5.69 Å². The fourth-order valence-corrected chi connectivity index (χ4v) is 1.73. The summed E-state index contributed by atoms with van der Waals surface area (Å²) in [5, 5.41) is 19.4.